The first kappa shape index (κ1) is 12.8. The van der Waals surface area contributed by atoms with E-state index in [1.165, 1.54) is 18.4 Å². The molecule has 0 unspecified atom stereocenters. The molecule has 2 heterocycles. The topological polar surface area (TPSA) is 53.9 Å². The minimum atomic E-state index is 0.720. The molecule has 1 saturated heterocycles. The molecule has 0 spiro atoms. The fraction of sp³-hybridized carbons (Fsp3) is 0.400. The zero-order chi connectivity index (χ0) is 13.8. The maximum Gasteiger partial charge on any atom is 0.247 e. The van der Waals surface area contributed by atoms with Crippen molar-refractivity contribution >= 4 is 17.5 Å². The maximum atomic E-state index is 4.53. The Morgan fingerprint density at radius 2 is 1.90 bits per heavy atom. The molecule has 5 nitrogen and oxygen atoms in total. The van der Waals surface area contributed by atoms with Gasteiger partial charge in [0.05, 0.1) is 6.20 Å². The normalized spacial score (nSPS) is 14.6. The quantitative estimate of drug-likeness (QED) is 0.925. The second kappa shape index (κ2) is 5.86. The van der Waals surface area contributed by atoms with Gasteiger partial charge in [-0.1, -0.05) is 19.1 Å². The summed E-state index contributed by atoms with van der Waals surface area (Å²) in [6, 6.07) is 8.38. The summed E-state index contributed by atoms with van der Waals surface area (Å²) in [6.07, 6.45) is 5.13. The van der Waals surface area contributed by atoms with Crippen LogP contribution in [0.1, 0.15) is 25.3 Å². The highest BCUT2D eigenvalue weighted by atomic mass is 15.3. The van der Waals surface area contributed by atoms with E-state index in [-0.39, 0.29) is 0 Å². The van der Waals surface area contributed by atoms with Crippen LogP contribution in [0, 0.1) is 0 Å². The smallest absolute Gasteiger partial charge is 0.247 e. The third kappa shape index (κ3) is 2.87. The summed E-state index contributed by atoms with van der Waals surface area (Å²) in [5.41, 5.74) is 2.35. The lowest BCUT2D eigenvalue weighted by Crippen LogP contribution is -2.21. The second-order valence-corrected chi connectivity index (χ2v) is 5.01. The molecule has 0 bridgehead atoms. The van der Waals surface area contributed by atoms with Gasteiger partial charge in [-0.3, -0.25) is 0 Å². The summed E-state index contributed by atoms with van der Waals surface area (Å²) < 4.78 is 0. The van der Waals surface area contributed by atoms with Gasteiger partial charge in [0, 0.05) is 18.8 Å². The first-order valence-electron chi connectivity index (χ1n) is 7.16. The van der Waals surface area contributed by atoms with E-state index in [1.54, 1.807) is 6.20 Å². The molecule has 1 aromatic carbocycles. The lowest BCUT2D eigenvalue weighted by molar-refractivity contribution is 0.852. The van der Waals surface area contributed by atoms with E-state index in [0.29, 0.717) is 0 Å². The third-order valence-corrected chi connectivity index (χ3v) is 3.57. The largest absolute Gasteiger partial charge is 0.339 e. The molecule has 1 aliphatic heterocycles. The van der Waals surface area contributed by atoms with E-state index in [9.17, 15) is 0 Å². The first-order chi connectivity index (χ1) is 9.85. The van der Waals surface area contributed by atoms with E-state index in [4.69, 9.17) is 0 Å². The third-order valence-electron chi connectivity index (χ3n) is 3.57. The Kier molecular flexibility index (Phi) is 3.76. The van der Waals surface area contributed by atoms with Crippen molar-refractivity contribution < 1.29 is 0 Å². The molecule has 1 aliphatic rings. The van der Waals surface area contributed by atoms with Crippen LogP contribution in [0.5, 0.6) is 0 Å². The van der Waals surface area contributed by atoms with Gasteiger partial charge in [0.15, 0.2) is 5.82 Å². The SMILES string of the molecule is CCc1ccc(Nc2cnnc(N3CCCC3)n2)cc1. The van der Waals surface area contributed by atoms with Crippen molar-refractivity contribution in [2.24, 2.45) is 0 Å². The van der Waals surface area contributed by atoms with E-state index >= 15 is 0 Å². The Morgan fingerprint density at radius 3 is 2.60 bits per heavy atom. The minimum Gasteiger partial charge on any atom is -0.339 e. The monoisotopic (exact) mass is 269 g/mol. The molecule has 0 aliphatic carbocycles. The molecule has 0 saturated carbocycles. The van der Waals surface area contributed by atoms with E-state index in [0.717, 1.165) is 37.0 Å². The van der Waals surface area contributed by atoms with Crippen molar-refractivity contribution in [3.05, 3.63) is 36.0 Å². The second-order valence-electron chi connectivity index (χ2n) is 5.01. The highest BCUT2D eigenvalue weighted by Crippen LogP contribution is 2.19. The molecule has 104 valence electrons. The number of benzene rings is 1. The van der Waals surface area contributed by atoms with Gasteiger partial charge in [-0.25, -0.2) is 0 Å². The Morgan fingerprint density at radius 1 is 1.15 bits per heavy atom. The average molecular weight is 269 g/mol. The van der Waals surface area contributed by atoms with Gasteiger partial charge in [0.1, 0.15) is 0 Å². The number of nitrogens with one attached hydrogen (secondary N) is 1. The van der Waals surface area contributed by atoms with Crippen molar-refractivity contribution in [1.82, 2.24) is 15.2 Å². The molecule has 0 radical (unpaired) electrons. The number of hydrogen-bond acceptors (Lipinski definition) is 5. The molecule has 0 amide bonds. The van der Waals surface area contributed by atoms with Crippen molar-refractivity contribution in [2.75, 3.05) is 23.3 Å². The maximum absolute atomic E-state index is 4.53. The van der Waals surface area contributed by atoms with Crippen molar-refractivity contribution in [1.29, 1.82) is 0 Å². The zero-order valence-corrected chi connectivity index (χ0v) is 11.7. The van der Waals surface area contributed by atoms with Crippen LogP contribution in [-0.2, 0) is 6.42 Å². The summed E-state index contributed by atoms with van der Waals surface area (Å²) in [7, 11) is 0. The number of nitrogens with zero attached hydrogens (tertiary/aromatic N) is 4. The molecule has 1 aromatic heterocycles. The predicted molar refractivity (Wildman–Crippen MR) is 80.4 cm³/mol. The molecule has 0 atom stereocenters. The van der Waals surface area contributed by atoms with Crippen LogP contribution in [0.3, 0.4) is 0 Å². The van der Waals surface area contributed by atoms with E-state index < -0.39 is 0 Å². The van der Waals surface area contributed by atoms with Gasteiger partial charge < -0.3 is 10.2 Å². The van der Waals surface area contributed by atoms with E-state index in [1.807, 2.05) is 0 Å². The van der Waals surface area contributed by atoms with Gasteiger partial charge >= 0.3 is 0 Å². The van der Waals surface area contributed by atoms with Gasteiger partial charge in [-0.15, -0.1) is 5.10 Å². The van der Waals surface area contributed by atoms with Crippen LogP contribution >= 0.6 is 0 Å². The molecular formula is C15H19N5. The van der Waals surface area contributed by atoms with Gasteiger partial charge in [-0.2, -0.15) is 10.1 Å². The predicted octanol–water partition coefficient (Wildman–Crippen LogP) is 2.78. The molecule has 2 aromatic rings. The van der Waals surface area contributed by atoms with Crippen molar-refractivity contribution in [3.8, 4) is 0 Å². The van der Waals surface area contributed by atoms with Crippen LogP contribution in [0.4, 0.5) is 17.5 Å². The zero-order valence-electron chi connectivity index (χ0n) is 11.7. The average Bonchev–Trinajstić information content (AvgIpc) is 3.03. The van der Waals surface area contributed by atoms with Crippen molar-refractivity contribution in [3.63, 3.8) is 0 Å². The summed E-state index contributed by atoms with van der Waals surface area (Å²) >= 11 is 0. The number of hydrogen-bond donors (Lipinski definition) is 1. The number of aryl methyl sites for hydroxylation is 1. The lowest BCUT2D eigenvalue weighted by Gasteiger charge is -2.14. The highest BCUT2D eigenvalue weighted by Gasteiger charge is 2.15. The van der Waals surface area contributed by atoms with E-state index in [2.05, 4.69) is 56.6 Å². The molecule has 1 fully saturated rings. The number of rotatable bonds is 4. The van der Waals surface area contributed by atoms with Crippen LogP contribution < -0.4 is 10.2 Å². The summed E-state index contributed by atoms with van der Waals surface area (Å²) in [4.78, 5) is 6.71. The summed E-state index contributed by atoms with van der Waals surface area (Å²) in [6.45, 7) is 4.20. The first-order valence-corrected chi connectivity index (χ1v) is 7.16. The summed E-state index contributed by atoms with van der Waals surface area (Å²) in [5, 5.41) is 11.4. The molecule has 20 heavy (non-hydrogen) atoms. The van der Waals surface area contributed by atoms with Crippen LogP contribution in [0.15, 0.2) is 30.5 Å². The van der Waals surface area contributed by atoms with Gasteiger partial charge in [0.2, 0.25) is 5.95 Å². The molecular weight excluding hydrogens is 250 g/mol. The van der Waals surface area contributed by atoms with Gasteiger partial charge in [-0.05, 0) is 37.0 Å². The van der Waals surface area contributed by atoms with Crippen molar-refractivity contribution in [2.45, 2.75) is 26.2 Å². The van der Waals surface area contributed by atoms with Crippen LogP contribution in [0.2, 0.25) is 0 Å². The Hall–Kier alpha value is -2.17. The summed E-state index contributed by atoms with van der Waals surface area (Å²) in [5.74, 6) is 1.46. The lowest BCUT2D eigenvalue weighted by atomic mass is 10.1. The molecule has 3 rings (SSSR count). The Bertz CT molecular complexity index is 561. The van der Waals surface area contributed by atoms with Crippen LogP contribution in [-0.4, -0.2) is 28.3 Å². The number of anilines is 3. The van der Waals surface area contributed by atoms with Crippen LogP contribution in [0.25, 0.3) is 0 Å². The molecule has 1 N–H and O–H groups in total. The standard InChI is InChI=1S/C15H19N5/c1-2-12-5-7-13(8-6-12)17-14-11-16-19-15(18-14)20-9-3-4-10-20/h5-8,11H,2-4,9-10H2,1H3,(H,17,18,19). The fourth-order valence-corrected chi connectivity index (χ4v) is 2.38. The van der Waals surface area contributed by atoms with Gasteiger partial charge in [0.25, 0.3) is 0 Å². The highest BCUT2D eigenvalue weighted by molar-refractivity contribution is 5.56. The minimum absolute atomic E-state index is 0.720. The Labute approximate surface area is 119 Å². The molecule has 5 heteroatoms. The Balaban J connectivity index is 1.74. The fourth-order valence-electron chi connectivity index (χ4n) is 2.38. The number of aromatic nitrogens is 3.